The molecule has 0 aliphatic carbocycles. The zero-order valence-corrected chi connectivity index (χ0v) is 10.7. The van der Waals surface area contributed by atoms with Gasteiger partial charge in [0.2, 0.25) is 0 Å². The number of aromatic amines is 1. The first kappa shape index (κ1) is 14.0. The molecule has 1 saturated heterocycles. The average molecular weight is 282 g/mol. The number of hydrogen-bond acceptors (Lipinski definition) is 6. The summed E-state index contributed by atoms with van der Waals surface area (Å²) in [6.07, 6.45) is 3.96. The number of piperidine rings is 1. The summed E-state index contributed by atoms with van der Waals surface area (Å²) in [6.45, 7) is 0.956. The molecular formula is C11H14N4O5. The van der Waals surface area contributed by atoms with Crippen LogP contribution in [0.25, 0.3) is 0 Å². The summed E-state index contributed by atoms with van der Waals surface area (Å²) >= 11 is 0. The van der Waals surface area contributed by atoms with Gasteiger partial charge in [-0.2, -0.15) is 4.98 Å². The number of aromatic nitrogens is 2. The molecule has 1 aliphatic heterocycles. The number of amides is 1. The van der Waals surface area contributed by atoms with Gasteiger partial charge >= 0.3 is 17.1 Å². The number of ether oxygens (including phenoxy) is 1. The van der Waals surface area contributed by atoms with Gasteiger partial charge in [-0.15, -0.1) is 0 Å². The first-order valence-corrected chi connectivity index (χ1v) is 6.22. The molecule has 1 fully saturated rings. The maximum absolute atomic E-state index is 11.9. The number of nitrogens with zero attached hydrogens (tertiary/aromatic N) is 3. The Balaban J connectivity index is 2.03. The Hall–Kier alpha value is -2.45. The number of likely N-dealkylation sites (tertiary alicyclic amines) is 1. The highest BCUT2D eigenvalue weighted by molar-refractivity contribution is 5.77. The summed E-state index contributed by atoms with van der Waals surface area (Å²) in [6, 6.07) is 0. The van der Waals surface area contributed by atoms with Gasteiger partial charge in [0.25, 0.3) is 5.91 Å². The molecule has 108 valence electrons. The summed E-state index contributed by atoms with van der Waals surface area (Å²) in [5.41, 5.74) is -1.70. The fraction of sp³-hybridized carbons (Fsp3) is 0.545. The van der Waals surface area contributed by atoms with E-state index in [4.69, 9.17) is 4.74 Å². The van der Waals surface area contributed by atoms with E-state index in [0.717, 1.165) is 25.6 Å². The third-order valence-electron chi connectivity index (χ3n) is 3.02. The lowest BCUT2D eigenvalue weighted by Gasteiger charge is -2.26. The number of rotatable bonds is 4. The molecule has 0 aromatic carbocycles. The second-order valence-corrected chi connectivity index (χ2v) is 4.37. The number of nitrogens with one attached hydrogen (secondary N) is 1. The molecule has 9 nitrogen and oxygen atoms in total. The van der Waals surface area contributed by atoms with E-state index in [1.54, 1.807) is 4.90 Å². The van der Waals surface area contributed by atoms with Gasteiger partial charge < -0.3 is 14.6 Å². The molecule has 0 atom stereocenters. The molecule has 0 unspecified atom stereocenters. The van der Waals surface area contributed by atoms with Crippen LogP contribution in [-0.2, 0) is 4.79 Å². The smallest absolute Gasteiger partial charge is 0.395 e. The Morgan fingerprint density at radius 1 is 1.45 bits per heavy atom. The highest BCUT2D eigenvalue weighted by Crippen LogP contribution is 2.18. The van der Waals surface area contributed by atoms with E-state index in [0.29, 0.717) is 13.1 Å². The third kappa shape index (κ3) is 3.11. The van der Waals surface area contributed by atoms with Gasteiger partial charge in [-0.25, -0.2) is 0 Å². The number of carbonyl (C=O) groups excluding carboxylic acids is 1. The fourth-order valence-corrected chi connectivity index (χ4v) is 2.01. The van der Waals surface area contributed by atoms with Crippen molar-refractivity contribution in [2.24, 2.45) is 0 Å². The predicted octanol–water partition coefficient (Wildman–Crippen LogP) is 0.0694. The van der Waals surface area contributed by atoms with Gasteiger partial charge in [0.1, 0.15) is 0 Å². The first-order chi connectivity index (χ1) is 9.59. The van der Waals surface area contributed by atoms with Gasteiger partial charge in [0, 0.05) is 13.1 Å². The van der Waals surface area contributed by atoms with E-state index < -0.39 is 22.0 Å². The molecule has 1 N–H and O–H groups in total. The predicted molar refractivity (Wildman–Crippen MR) is 67.4 cm³/mol. The normalized spacial score (nSPS) is 14.9. The maximum atomic E-state index is 11.9. The lowest BCUT2D eigenvalue weighted by molar-refractivity contribution is -0.387. The Labute approximate surface area is 113 Å². The third-order valence-corrected chi connectivity index (χ3v) is 3.02. The molecule has 0 radical (unpaired) electrons. The van der Waals surface area contributed by atoms with E-state index in [-0.39, 0.29) is 12.5 Å². The van der Waals surface area contributed by atoms with Crippen molar-refractivity contribution in [1.29, 1.82) is 0 Å². The molecule has 1 aromatic rings. The summed E-state index contributed by atoms with van der Waals surface area (Å²) < 4.78 is 5.03. The molecule has 2 heterocycles. The molecule has 0 saturated carbocycles. The van der Waals surface area contributed by atoms with E-state index in [2.05, 4.69) is 9.97 Å². The highest BCUT2D eigenvalue weighted by Gasteiger charge is 2.24. The monoisotopic (exact) mass is 282 g/mol. The van der Waals surface area contributed by atoms with Crippen LogP contribution in [0.5, 0.6) is 5.88 Å². The molecule has 1 aromatic heterocycles. The van der Waals surface area contributed by atoms with E-state index in [9.17, 15) is 19.7 Å². The van der Waals surface area contributed by atoms with Gasteiger partial charge in [0.05, 0.1) is 11.3 Å². The Kier molecular flexibility index (Phi) is 4.28. The van der Waals surface area contributed by atoms with E-state index in [1.807, 2.05) is 0 Å². The van der Waals surface area contributed by atoms with Crippen LogP contribution in [0.15, 0.2) is 11.1 Å². The topological polar surface area (TPSA) is 118 Å². The van der Waals surface area contributed by atoms with E-state index in [1.165, 1.54) is 0 Å². The summed E-state index contributed by atoms with van der Waals surface area (Å²) in [4.78, 5) is 40.4. The Bertz CT molecular complexity index is 564. The Morgan fingerprint density at radius 3 is 2.80 bits per heavy atom. The molecular weight excluding hydrogens is 268 g/mol. The van der Waals surface area contributed by atoms with Gasteiger partial charge in [0.15, 0.2) is 6.61 Å². The zero-order chi connectivity index (χ0) is 14.5. The van der Waals surface area contributed by atoms with Crippen molar-refractivity contribution < 1.29 is 14.5 Å². The molecule has 2 rings (SSSR count). The SMILES string of the molecule is O=C(COc1nc[nH]c(=O)c1[N+](=O)[O-])N1CCCCC1. The summed E-state index contributed by atoms with van der Waals surface area (Å²) in [5, 5.41) is 10.8. The van der Waals surface area contributed by atoms with Crippen molar-refractivity contribution in [3.05, 3.63) is 26.8 Å². The van der Waals surface area contributed by atoms with Crippen molar-refractivity contribution in [2.45, 2.75) is 19.3 Å². The quantitative estimate of drug-likeness (QED) is 0.616. The average Bonchev–Trinajstić information content (AvgIpc) is 2.45. The minimum atomic E-state index is -0.912. The number of carbonyl (C=O) groups is 1. The fourth-order valence-electron chi connectivity index (χ4n) is 2.01. The van der Waals surface area contributed by atoms with Crippen molar-refractivity contribution in [3.63, 3.8) is 0 Å². The lowest BCUT2D eigenvalue weighted by atomic mass is 10.1. The van der Waals surface area contributed by atoms with Crippen molar-refractivity contribution in [2.75, 3.05) is 19.7 Å². The number of nitro groups is 1. The summed E-state index contributed by atoms with van der Waals surface area (Å²) in [7, 11) is 0. The molecule has 0 spiro atoms. The number of hydrogen-bond donors (Lipinski definition) is 1. The zero-order valence-electron chi connectivity index (χ0n) is 10.7. The second-order valence-electron chi connectivity index (χ2n) is 4.37. The largest absolute Gasteiger partial charge is 0.463 e. The lowest BCUT2D eigenvalue weighted by Crippen LogP contribution is -2.38. The van der Waals surface area contributed by atoms with Crippen molar-refractivity contribution in [3.8, 4) is 5.88 Å². The van der Waals surface area contributed by atoms with Crippen LogP contribution in [0.3, 0.4) is 0 Å². The van der Waals surface area contributed by atoms with Crippen molar-refractivity contribution >= 4 is 11.6 Å². The number of H-pyrrole nitrogens is 1. The minimum Gasteiger partial charge on any atom is -0.463 e. The standard InChI is InChI=1S/C11H14N4O5/c16-8(14-4-2-1-3-5-14)6-20-11-9(15(18)19)10(17)12-7-13-11/h7H,1-6H2,(H,12,13,17). The van der Waals surface area contributed by atoms with Crippen LogP contribution in [0.2, 0.25) is 0 Å². The maximum Gasteiger partial charge on any atom is 0.395 e. The van der Waals surface area contributed by atoms with Gasteiger partial charge in [-0.3, -0.25) is 19.7 Å². The van der Waals surface area contributed by atoms with E-state index >= 15 is 0 Å². The van der Waals surface area contributed by atoms with Crippen LogP contribution in [-0.4, -0.2) is 45.4 Å². The van der Waals surface area contributed by atoms with Gasteiger partial charge in [-0.05, 0) is 19.3 Å². The van der Waals surface area contributed by atoms with Crippen LogP contribution in [0.4, 0.5) is 5.69 Å². The van der Waals surface area contributed by atoms with Gasteiger partial charge in [-0.1, -0.05) is 0 Å². The van der Waals surface area contributed by atoms with Crippen LogP contribution in [0, 0.1) is 10.1 Å². The Morgan fingerprint density at radius 2 is 2.15 bits per heavy atom. The van der Waals surface area contributed by atoms with Crippen molar-refractivity contribution in [1.82, 2.24) is 14.9 Å². The molecule has 1 amide bonds. The first-order valence-electron chi connectivity index (χ1n) is 6.22. The highest BCUT2D eigenvalue weighted by atomic mass is 16.6. The molecule has 9 heteroatoms. The molecule has 1 aliphatic rings. The summed E-state index contributed by atoms with van der Waals surface area (Å²) in [5.74, 6) is -0.704. The molecule has 0 bridgehead atoms. The minimum absolute atomic E-state index is 0.263. The second kappa shape index (κ2) is 6.13. The van der Waals surface area contributed by atoms with Crippen LogP contribution in [0.1, 0.15) is 19.3 Å². The van der Waals surface area contributed by atoms with Crippen LogP contribution < -0.4 is 10.3 Å². The van der Waals surface area contributed by atoms with Crippen LogP contribution >= 0.6 is 0 Å². The molecule has 20 heavy (non-hydrogen) atoms.